The number of benzene rings is 2. The lowest BCUT2D eigenvalue weighted by Crippen LogP contribution is -2.32. The zero-order valence-electron chi connectivity index (χ0n) is 27.2. The quantitative estimate of drug-likeness (QED) is 0.0637. The van der Waals surface area contributed by atoms with Crippen molar-refractivity contribution in [2.24, 2.45) is 0 Å². The van der Waals surface area contributed by atoms with Crippen LogP contribution in [0.3, 0.4) is 0 Å². The van der Waals surface area contributed by atoms with Gasteiger partial charge in [-0.3, -0.25) is 18.9 Å². The van der Waals surface area contributed by atoms with Gasteiger partial charge in [0.15, 0.2) is 0 Å². The molecule has 0 fully saturated rings. The van der Waals surface area contributed by atoms with Gasteiger partial charge in [0.05, 0.1) is 24.5 Å². The minimum Gasteiger partial charge on any atom is -0.356 e. The molecule has 1 aliphatic heterocycles. The first-order chi connectivity index (χ1) is 22.1. The second-order valence-corrected chi connectivity index (χ2v) is 17.1. The fraction of sp³-hybridized carbons (Fsp3) is 0.514. The van der Waals surface area contributed by atoms with Gasteiger partial charge in [0.1, 0.15) is 5.78 Å². The smallest absolute Gasteiger partial charge is 0.330 e. The molecule has 0 radical (unpaired) electrons. The Kier molecular flexibility index (Phi) is 16.5. The summed E-state index contributed by atoms with van der Waals surface area (Å²) in [5.74, 6) is 7.32. The molecule has 1 aliphatic rings. The molecule has 1 heterocycles. The Morgan fingerprint density at radius 3 is 2.43 bits per heavy atom. The molecule has 0 saturated carbocycles. The first-order valence-electron chi connectivity index (χ1n) is 16.1. The number of nitrogens with zero attached hydrogens (tertiary/aromatic N) is 1. The number of para-hydroxylation sites is 1. The average Bonchev–Trinajstić information content (AvgIpc) is 3.03. The van der Waals surface area contributed by atoms with Gasteiger partial charge in [-0.15, -0.1) is 0 Å². The maximum atomic E-state index is 13.3. The van der Waals surface area contributed by atoms with Crippen LogP contribution in [-0.2, 0) is 30.0 Å². The van der Waals surface area contributed by atoms with E-state index in [0.717, 1.165) is 53.8 Å². The number of rotatable bonds is 20. The first-order valence-corrected chi connectivity index (χ1v) is 20.1. The molecule has 2 atom stereocenters. The summed E-state index contributed by atoms with van der Waals surface area (Å²) in [4.78, 5) is 49.5. The zero-order valence-corrected chi connectivity index (χ0v) is 29.7. The van der Waals surface area contributed by atoms with Crippen LogP contribution >= 0.6 is 29.2 Å². The molecule has 0 aromatic heterocycles. The molecule has 0 aliphatic carbocycles. The van der Waals surface area contributed by atoms with Crippen molar-refractivity contribution in [3.63, 3.8) is 0 Å². The Morgan fingerprint density at radius 2 is 1.65 bits per heavy atom. The molecule has 2 aromatic rings. The number of anilines is 1. The van der Waals surface area contributed by atoms with E-state index in [2.05, 4.69) is 24.1 Å². The zero-order chi connectivity index (χ0) is 33.4. The van der Waals surface area contributed by atoms with Crippen molar-refractivity contribution in [3.8, 4) is 11.8 Å². The normalized spacial score (nSPS) is 14.2. The van der Waals surface area contributed by atoms with E-state index in [1.807, 2.05) is 48.5 Å². The SMILES string of the molecule is CC(CCC(=O)NCCCCCOP(=O)(O)C(C)C)SSCCCC(=O)CCC(=O)N1Cc2ccccc2C#Cc2ccccc21. The summed E-state index contributed by atoms with van der Waals surface area (Å²) < 4.78 is 16.8. The lowest BCUT2D eigenvalue weighted by atomic mass is 10.0. The van der Waals surface area contributed by atoms with Crippen LogP contribution in [0.15, 0.2) is 48.5 Å². The summed E-state index contributed by atoms with van der Waals surface area (Å²) >= 11 is 0. The van der Waals surface area contributed by atoms with E-state index in [-0.39, 0.29) is 37.0 Å². The van der Waals surface area contributed by atoms with Crippen LogP contribution < -0.4 is 10.2 Å². The second-order valence-electron chi connectivity index (χ2n) is 11.7. The Labute approximate surface area is 282 Å². The standard InChI is InChI=1S/C35H47N2O6PS2/c1-27(2)44(41,42)43-24-10-4-9-23-36-34(39)21-17-28(3)46-45-25-11-15-32(38)20-22-35(40)37-26-31-14-6-5-12-29(31)18-19-30-13-7-8-16-33(30)37/h5-8,12-14,16,27-28H,4,9-11,15,17,20-26H2,1-3H3,(H,36,39)(H,41,42). The Morgan fingerprint density at radius 1 is 0.935 bits per heavy atom. The third kappa shape index (κ3) is 13.3. The second kappa shape index (κ2) is 20.0. The van der Waals surface area contributed by atoms with Gasteiger partial charge >= 0.3 is 7.60 Å². The molecule has 46 heavy (non-hydrogen) atoms. The van der Waals surface area contributed by atoms with Crippen molar-refractivity contribution in [2.45, 2.75) is 96.0 Å². The summed E-state index contributed by atoms with van der Waals surface area (Å²) in [6.07, 6.45) is 5.14. The predicted molar refractivity (Wildman–Crippen MR) is 190 cm³/mol. The minimum absolute atomic E-state index is 0.0323. The van der Waals surface area contributed by atoms with Crippen LogP contribution in [0, 0.1) is 11.8 Å². The summed E-state index contributed by atoms with van der Waals surface area (Å²) in [6, 6.07) is 15.5. The number of carbonyl (C=O) groups is 3. The molecule has 3 rings (SSSR count). The molecule has 2 N–H and O–H groups in total. The molecule has 8 nitrogen and oxygen atoms in total. The summed E-state index contributed by atoms with van der Waals surface area (Å²) in [5, 5.41) is 3.25. The fourth-order valence-electron chi connectivity index (χ4n) is 4.65. The highest BCUT2D eigenvalue weighted by molar-refractivity contribution is 8.76. The molecule has 250 valence electrons. The largest absolute Gasteiger partial charge is 0.356 e. The number of fused-ring (bicyclic) bond motifs is 2. The maximum absolute atomic E-state index is 13.3. The Bertz CT molecular complexity index is 1420. The van der Waals surface area contributed by atoms with Gasteiger partial charge in [-0.1, -0.05) is 84.5 Å². The molecule has 0 saturated heterocycles. The van der Waals surface area contributed by atoms with E-state index in [1.165, 1.54) is 0 Å². The van der Waals surface area contributed by atoms with Crippen LogP contribution in [-0.4, -0.2) is 52.3 Å². The van der Waals surface area contributed by atoms with Crippen LogP contribution in [0.5, 0.6) is 0 Å². The van der Waals surface area contributed by atoms with E-state index in [0.29, 0.717) is 37.6 Å². The van der Waals surface area contributed by atoms with E-state index in [9.17, 15) is 23.8 Å². The van der Waals surface area contributed by atoms with E-state index >= 15 is 0 Å². The Hall–Kier alpha value is -2.54. The van der Waals surface area contributed by atoms with Crippen molar-refractivity contribution in [1.82, 2.24) is 5.32 Å². The molecule has 0 spiro atoms. The highest BCUT2D eigenvalue weighted by atomic mass is 33.1. The van der Waals surface area contributed by atoms with Gasteiger partial charge in [0, 0.05) is 54.4 Å². The van der Waals surface area contributed by atoms with Crippen molar-refractivity contribution in [3.05, 3.63) is 65.2 Å². The number of nitrogens with one attached hydrogen (secondary N) is 1. The van der Waals surface area contributed by atoms with Gasteiger partial charge in [-0.2, -0.15) is 0 Å². The molecule has 0 bridgehead atoms. The lowest BCUT2D eigenvalue weighted by Gasteiger charge is -2.26. The molecule has 11 heteroatoms. The topological polar surface area (TPSA) is 113 Å². The van der Waals surface area contributed by atoms with Gasteiger partial charge in [0.2, 0.25) is 11.8 Å². The number of amides is 2. The third-order valence-corrected chi connectivity index (χ3v) is 12.5. The number of Topliss-reactive ketones (excluding diaryl/α,β-unsaturated/α-hetero) is 1. The van der Waals surface area contributed by atoms with Gasteiger partial charge in [-0.05, 0) is 55.9 Å². The highest BCUT2D eigenvalue weighted by Gasteiger charge is 2.24. The summed E-state index contributed by atoms with van der Waals surface area (Å²) in [5.41, 5.74) is 3.09. The van der Waals surface area contributed by atoms with Gasteiger partial charge in [-0.25, -0.2) is 0 Å². The highest BCUT2D eigenvalue weighted by Crippen LogP contribution is 2.47. The number of hydrogen-bond donors (Lipinski definition) is 2. The molecular formula is C35H47N2O6PS2. The van der Waals surface area contributed by atoms with Crippen molar-refractivity contribution in [1.29, 1.82) is 0 Å². The average molecular weight is 687 g/mol. The van der Waals surface area contributed by atoms with E-state index in [1.54, 1.807) is 40.3 Å². The first kappa shape index (κ1) is 37.9. The number of unbranched alkanes of at least 4 members (excludes halogenated alkanes) is 2. The Balaban J connectivity index is 1.25. The van der Waals surface area contributed by atoms with Crippen molar-refractivity contribution >= 4 is 52.5 Å². The van der Waals surface area contributed by atoms with Crippen LogP contribution in [0.2, 0.25) is 0 Å². The number of ketones is 1. The van der Waals surface area contributed by atoms with Crippen molar-refractivity contribution < 1.29 is 28.4 Å². The summed E-state index contributed by atoms with van der Waals surface area (Å²) in [7, 11) is -0.0485. The van der Waals surface area contributed by atoms with Gasteiger partial charge < -0.3 is 19.6 Å². The number of carbonyl (C=O) groups excluding carboxylic acids is 3. The number of hydrogen-bond acceptors (Lipinski definition) is 7. The third-order valence-electron chi connectivity index (χ3n) is 7.56. The summed E-state index contributed by atoms with van der Waals surface area (Å²) in [6.45, 7) is 6.70. The molecular weight excluding hydrogens is 640 g/mol. The predicted octanol–water partition coefficient (Wildman–Crippen LogP) is 7.51. The van der Waals surface area contributed by atoms with E-state index < -0.39 is 13.3 Å². The monoisotopic (exact) mass is 686 g/mol. The molecule has 2 amide bonds. The fourth-order valence-corrected chi connectivity index (χ4v) is 7.77. The molecule has 2 unspecified atom stereocenters. The van der Waals surface area contributed by atoms with Gasteiger partial charge in [0.25, 0.3) is 0 Å². The van der Waals surface area contributed by atoms with Crippen molar-refractivity contribution in [2.75, 3.05) is 23.8 Å². The van der Waals surface area contributed by atoms with E-state index in [4.69, 9.17) is 4.52 Å². The molecule has 2 aromatic carbocycles. The van der Waals surface area contributed by atoms with Crippen LogP contribution in [0.1, 0.15) is 95.2 Å². The lowest BCUT2D eigenvalue weighted by molar-refractivity contribution is -0.124. The maximum Gasteiger partial charge on any atom is 0.330 e. The van der Waals surface area contributed by atoms with Crippen LogP contribution in [0.25, 0.3) is 0 Å². The van der Waals surface area contributed by atoms with Crippen LogP contribution in [0.4, 0.5) is 5.69 Å². The minimum atomic E-state index is -3.50.